The molecule has 0 heterocycles. The second-order valence-electron chi connectivity index (χ2n) is 4.97. The summed E-state index contributed by atoms with van der Waals surface area (Å²) in [6.45, 7) is 0. The number of rotatable bonds is 6. The van der Waals surface area contributed by atoms with Crippen LogP contribution >= 0.6 is 27.7 Å². The number of halogens is 1. The summed E-state index contributed by atoms with van der Waals surface area (Å²) < 4.78 is 1.08. The first kappa shape index (κ1) is 14.1. The van der Waals surface area contributed by atoms with Crippen LogP contribution in [0.3, 0.4) is 0 Å². The summed E-state index contributed by atoms with van der Waals surface area (Å²) >= 11 is 5.06. The van der Waals surface area contributed by atoms with E-state index in [9.17, 15) is 4.79 Å². The van der Waals surface area contributed by atoms with Crippen molar-refractivity contribution in [1.29, 1.82) is 0 Å². The van der Waals surface area contributed by atoms with Gasteiger partial charge in [-0.1, -0.05) is 41.6 Å². The third-order valence-electron chi connectivity index (χ3n) is 3.52. The molecule has 0 radical (unpaired) electrons. The summed E-state index contributed by atoms with van der Waals surface area (Å²) in [5, 5.41) is 0. The quantitative estimate of drug-likeness (QED) is 0.678. The van der Waals surface area contributed by atoms with E-state index in [0.29, 0.717) is 11.5 Å². The molecular weight excluding hydrogens is 308 g/mol. The SMILES string of the molecule is O=C(CCC1CCCC1)CSc1ccc(Br)cc1. The molecule has 2 rings (SSSR count). The van der Waals surface area contributed by atoms with Gasteiger partial charge in [-0.15, -0.1) is 11.8 Å². The molecule has 0 saturated heterocycles. The van der Waals surface area contributed by atoms with E-state index in [-0.39, 0.29) is 0 Å². The number of thioether (sulfide) groups is 1. The summed E-state index contributed by atoms with van der Waals surface area (Å²) in [6, 6.07) is 8.15. The first-order valence-corrected chi connectivity index (χ1v) is 8.42. The van der Waals surface area contributed by atoms with Gasteiger partial charge in [0, 0.05) is 15.8 Å². The van der Waals surface area contributed by atoms with Crippen molar-refractivity contribution in [3.05, 3.63) is 28.7 Å². The molecule has 0 atom stereocenters. The van der Waals surface area contributed by atoms with Crippen molar-refractivity contribution in [2.24, 2.45) is 5.92 Å². The molecule has 3 heteroatoms. The van der Waals surface area contributed by atoms with Crippen LogP contribution in [0.15, 0.2) is 33.6 Å². The molecular formula is C15H19BrOS. The predicted molar refractivity (Wildman–Crippen MR) is 81.1 cm³/mol. The first-order valence-electron chi connectivity index (χ1n) is 6.64. The van der Waals surface area contributed by atoms with Gasteiger partial charge < -0.3 is 0 Å². The van der Waals surface area contributed by atoms with E-state index in [1.54, 1.807) is 11.8 Å². The smallest absolute Gasteiger partial charge is 0.143 e. The van der Waals surface area contributed by atoms with Crippen LogP contribution < -0.4 is 0 Å². The lowest BCUT2D eigenvalue weighted by molar-refractivity contribution is -0.116. The minimum absolute atomic E-state index is 0.398. The van der Waals surface area contributed by atoms with Gasteiger partial charge in [-0.25, -0.2) is 0 Å². The average molecular weight is 327 g/mol. The maximum atomic E-state index is 11.8. The normalized spacial score (nSPS) is 16.1. The lowest BCUT2D eigenvalue weighted by Crippen LogP contribution is -2.04. The third-order valence-corrected chi connectivity index (χ3v) is 5.12. The molecule has 1 nitrogen and oxygen atoms in total. The molecule has 0 aliphatic heterocycles. The first-order chi connectivity index (χ1) is 8.74. The summed E-state index contributed by atoms with van der Waals surface area (Å²) in [5.41, 5.74) is 0. The van der Waals surface area contributed by atoms with Crippen LogP contribution in [0.4, 0.5) is 0 Å². The van der Waals surface area contributed by atoms with Crippen molar-refractivity contribution in [3.63, 3.8) is 0 Å². The Kier molecular flexibility index (Phi) is 5.77. The monoisotopic (exact) mass is 326 g/mol. The number of Topliss-reactive ketones (excluding diaryl/α,β-unsaturated/α-hetero) is 1. The molecule has 98 valence electrons. The second kappa shape index (κ2) is 7.34. The molecule has 1 saturated carbocycles. The Morgan fingerprint density at radius 2 is 1.89 bits per heavy atom. The Bertz CT molecular complexity index is 382. The summed E-state index contributed by atoms with van der Waals surface area (Å²) in [6.07, 6.45) is 7.30. The zero-order valence-electron chi connectivity index (χ0n) is 10.5. The molecule has 1 fully saturated rings. The Hall–Kier alpha value is -0.280. The van der Waals surface area contributed by atoms with Gasteiger partial charge in [-0.2, -0.15) is 0 Å². The van der Waals surface area contributed by atoms with E-state index < -0.39 is 0 Å². The minimum Gasteiger partial charge on any atom is -0.299 e. The van der Waals surface area contributed by atoms with Gasteiger partial charge in [0.15, 0.2) is 0 Å². The summed E-state index contributed by atoms with van der Waals surface area (Å²) in [7, 11) is 0. The zero-order valence-corrected chi connectivity index (χ0v) is 12.9. The topological polar surface area (TPSA) is 17.1 Å². The predicted octanol–water partition coefficient (Wildman–Crippen LogP) is 5.08. The maximum absolute atomic E-state index is 11.8. The average Bonchev–Trinajstić information content (AvgIpc) is 2.89. The van der Waals surface area contributed by atoms with Gasteiger partial charge in [-0.05, 0) is 36.6 Å². The Balaban J connectivity index is 1.66. The molecule has 1 aromatic carbocycles. The van der Waals surface area contributed by atoms with Crippen LogP contribution in [0, 0.1) is 5.92 Å². The fourth-order valence-corrected chi connectivity index (χ4v) is 3.50. The van der Waals surface area contributed by atoms with E-state index >= 15 is 0 Å². The van der Waals surface area contributed by atoms with Crippen molar-refractivity contribution in [1.82, 2.24) is 0 Å². The standard InChI is InChI=1S/C15H19BrOS/c16-13-6-9-15(10-7-13)18-11-14(17)8-5-12-3-1-2-4-12/h6-7,9-10,12H,1-5,8,11H2. The number of carbonyl (C=O) groups is 1. The van der Waals surface area contributed by atoms with Gasteiger partial charge >= 0.3 is 0 Å². The van der Waals surface area contributed by atoms with Crippen LogP contribution in [-0.4, -0.2) is 11.5 Å². The van der Waals surface area contributed by atoms with Gasteiger partial charge in [0.05, 0.1) is 5.75 Å². The highest BCUT2D eigenvalue weighted by Crippen LogP contribution is 2.29. The van der Waals surface area contributed by atoms with Crippen molar-refractivity contribution in [3.8, 4) is 0 Å². The van der Waals surface area contributed by atoms with Gasteiger partial charge in [-0.3, -0.25) is 4.79 Å². The molecule has 0 unspecified atom stereocenters. The van der Waals surface area contributed by atoms with Crippen molar-refractivity contribution in [2.75, 3.05) is 5.75 Å². The highest BCUT2D eigenvalue weighted by molar-refractivity contribution is 9.10. The number of hydrogen-bond acceptors (Lipinski definition) is 2. The van der Waals surface area contributed by atoms with E-state index in [1.807, 2.05) is 12.1 Å². The van der Waals surface area contributed by atoms with Crippen LogP contribution in [0.25, 0.3) is 0 Å². The fourth-order valence-electron chi connectivity index (χ4n) is 2.43. The number of benzene rings is 1. The molecule has 1 aliphatic carbocycles. The highest BCUT2D eigenvalue weighted by Gasteiger charge is 2.16. The van der Waals surface area contributed by atoms with Crippen LogP contribution in [0.5, 0.6) is 0 Å². The molecule has 0 N–H and O–H groups in total. The molecule has 18 heavy (non-hydrogen) atoms. The maximum Gasteiger partial charge on any atom is 0.143 e. The van der Waals surface area contributed by atoms with Crippen LogP contribution in [-0.2, 0) is 4.79 Å². The van der Waals surface area contributed by atoms with Crippen LogP contribution in [0.1, 0.15) is 38.5 Å². The second-order valence-corrected chi connectivity index (χ2v) is 6.93. The summed E-state index contributed by atoms with van der Waals surface area (Å²) in [4.78, 5) is 13.0. The lowest BCUT2D eigenvalue weighted by atomic mass is 10.0. The lowest BCUT2D eigenvalue weighted by Gasteiger charge is -2.07. The van der Waals surface area contributed by atoms with Crippen molar-refractivity contribution in [2.45, 2.75) is 43.4 Å². The van der Waals surface area contributed by atoms with E-state index in [1.165, 1.54) is 30.6 Å². The Morgan fingerprint density at radius 1 is 1.22 bits per heavy atom. The van der Waals surface area contributed by atoms with Gasteiger partial charge in [0.1, 0.15) is 5.78 Å². The highest BCUT2D eigenvalue weighted by atomic mass is 79.9. The minimum atomic E-state index is 0.398. The number of hydrogen-bond donors (Lipinski definition) is 0. The molecule has 0 bridgehead atoms. The molecule has 1 aliphatic rings. The van der Waals surface area contributed by atoms with Crippen molar-refractivity contribution < 1.29 is 4.79 Å². The van der Waals surface area contributed by atoms with Crippen molar-refractivity contribution >= 4 is 33.5 Å². The number of ketones is 1. The molecule has 0 amide bonds. The number of carbonyl (C=O) groups excluding carboxylic acids is 1. The largest absolute Gasteiger partial charge is 0.299 e. The Morgan fingerprint density at radius 3 is 2.56 bits per heavy atom. The zero-order chi connectivity index (χ0) is 12.8. The molecule has 0 spiro atoms. The van der Waals surface area contributed by atoms with Gasteiger partial charge in [0.25, 0.3) is 0 Å². The van der Waals surface area contributed by atoms with E-state index in [4.69, 9.17) is 0 Å². The fraction of sp³-hybridized carbons (Fsp3) is 0.533. The summed E-state index contributed by atoms with van der Waals surface area (Å²) in [5.74, 6) is 1.84. The molecule has 1 aromatic rings. The van der Waals surface area contributed by atoms with Gasteiger partial charge in [0.2, 0.25) is 0 Å². The molecule has 0 aromatic heterocycles. The van der Waals surface area contributed by atoms with E-state index in [0.717, 1.165) is 23.2 Å². The Labute approximate surface area is 122 Å². The van der Waals surface area contributed by atoms with E-state index in [2.05, 4.69) is 28.1 Å². The third kappa shape index (κ3) is 4.77. The van der Waals surface area contributed by atoms with Crippen LogP contribution in [0.2, 0.25) is 0 Å².